The second kappa shape index (κ2) is 13.1. The standard InChI is InChI=1S/C29H41N3O5/c1-8-9-16-30-26(34)25(22-13-10-19(2)20(3)17-22)32(7)27(35)24(31-28(36)37-29(4,5)6)18-21-11-14-23(33)15-12-21/h10-15,17,24-25,33H,8-9,16,18H2,1-7H3,(H,30,34)(H,31,36). The van der Waals surface area contributed by atoms with Gasteiger partial charge in [-0.2, -0.15) is 0 Å². The number of alkyl carbamates (subject to hydrolysis) is 1. The summed E-state index contributed by atoms with van der Waals surface area (Å²) in [7, 11) is 1.57. The highest BCUT2D eigenvalue weighted by atomic mass is 16.6. The van der Waals surface area contributed by atoms with Crippen molar-refractivity contribution in [3.63, 3.8) is 0 Å². The van der Waals surface area contributed by atoms with Crippen LogP contribution < -0.4 is 10.6 Å². The third kappa shape index (κ3) is 9.12. The number of phenolic OH excluding ortho intramolecular Hbond substituents is 1. The van der Waals surface area contributed by atoms with Crippen LogP contribution in [0.25, 0.3) is 0 Å². The number of nitrogens with zero attached hydrogens (tertiary/aromatic N) is 1. The van der Waals surface area contributed by atoms with E-state index in [4.69, 9.17) is 4.74 Å². The number of hydrogen-bond acceptors (Lipinski definition) is 5. The van der Waals surface area contributed by atoms with Crippen LogP contribution in [-0.4, -0.2) is 53.1 Å². The molecule has 0 saturated carbocycles. The van der Waals surface area contributed by atoms with Crippen LogP contribution in [0.3, 0.4) is 0 Å². The van der Waals surface area contributed by atoms with Crippen molar-refractivity contribution in [2.45, 2.75) is 78.5 Å². The van der Waals surface area contributed by atoms with Crippen LogP contribution in [0.4, 0.5) is 4.79 Å². The molecule has 2 atom stereocenters. The van der Waals surface area contributed by atoms with Crippen molar-refractivity contribution in [1.29, 1.82) is 0 Å². The van der Waals surface area contributed by atoms with Gasteiger partial charge in [0.05, 0.1) is 0 Å². The molecule has 0 radical (unpaired) electrons. The minimum absolute atomic E-state index is 0.0994. The molecule has 0 aliphatic rings. The molecule has 0 fully saturated rings. The van der Waals surface area contributed by atoms with Crippen LogP contribution in [0.5, 0.6) is 5.75 Å². The maximum Gasteiger partial charge on any atom is 0.408 e. The number of carbonyl (C=O) groups is 3. The highest BCUT2D eigenvalue weighted by Gasteiger charge is 2.34. The Morgan fingerprint density at radius 2 is 1.68 bits per heavy atom. The lowest BCUT2D eigenvalue weighted by molar-refractivity contribution is -0.140. The van der Waals surface area contributed by atoms with Gasteiger partial charge in [-0.15, -0.1) is 0 Å². The van der Waals surface area contributed by atoms with Gasteiger partial charge in [-0.3, -0.25) is 9.59 Å². The second-order valence-electron chi connectivity index (χ2n) is 10.4. The number of likely N-dealkylation sites (N-methyl/N-ethyl adjacent to an activating group) is 1. The summed E-state index contributed by atoms with van der Waals surface area (Å²) < 4.78 is 5.40. The maximum absolute atomic E-state index is 13.8. The van der Waals surface area contributed by atoms with Crippen LogP contribution in [0.2, 0.25) is 0 Å². The zero-order valence-electron chi connectivity index (χ0n) is 23.1. The number of carbonyl (C=O) groups excluding carboxylic acids is 3. The summed E-state index contributed by atoms with van der Waals surface area (Å²) in [4.78, 5) is 41.2. The largest absolute Gasteiger partial charge is 0.508 e. The highest BCUT2D eigenvalue weighted by molar-refractivity contribution is 5.92. The van der Waals surface area contributed by atoms with E-state index in [0.29, 0.717) is 12.1 Å². The van der Waals surface area contributed by atoms with Crippen LogP contribution in [0, 0.1) is 13.8 Å². The van der Waals surface area contributed by atoms with Crippen LogP contribution in [-0.2, 0) is 20.7 Å². The molecule has 2 rings (SSSR count). The van der Waals surface area contributed by atoms with Gasteiger partial charge in [0.1, 0.15) is 23.4 Å². The van der Waals surface area contributed by atoms with E-state index in [2.05, 4.69) is 10.6 Å². The van der Waals surface area contributed by atoms with Gasteiger partial charge in [0.25, 0.3) is 0 Å². The minimum Gasteiger partial charge on any atom is -0.508 e. The molecule has 2 aromatic rings. The molecule has 37 heavy (non-hydrogen) atoms. The van der Waals surface area contributed by atoms with Crippen molar-refractivity contribution in [1.82, 2.24) is 15.5 Å². The lowest BCUT2D eigenvalue weighted by Crippen LogP contribution is -2.52. The fraction of sp³-hybridized carbons (Fsp3) is 0.483. The summed E-state index contributed by atoms with van der Waals surface area (Å²) in [6.07, 6.45) is 1.18. The molecule has 0 saturated heterocycles. The second-order valence-corrected chi connectivity index (χ2v) is 10.4. The van der Waals surface area contributed by atoms with E-state index in [0.717, 1.165) is 29.5 Å². The fourth-order valence-electron chi connectivity index (χ4n) is 3.86. The van der Waals surface area contributed by atoms with Crippen LogP contribution >= 0.6 is 0 Å². The van der Waals surface area contributed by atoms with E-state index in [1.165, 1.54) is 17.0 Å². The van der Waals surface area contributed by atoms with E-state index in [1.807, 2.05) is 39.0 Å². The number of benzene rings is 2. The van der Waals surface area contributed by atoms with Gasteiger partial charge in [0.15, 0.2) is 0 Å². The SMILES string of the molecule is CCCCNC(=O)C(c1ccc(C)c(C)c1)N(C)C(=O)C(Cc1ccc(O)cc1)NC(=O)OC(C)(C)C. The average Bonchev–Trinajstić information content (AvgIpc) is 2.81. The van der Waals surface area contributed by atoms with Crippen molar-refractivity contribution >= 4 is 17.9 Å². The Morgan fingerprint density at radius 1 is 1.03 bits per heavy atom. The van der Waals surface area contributed by atoms with E-state index in [9.17, 15) is 19.5 Å². The van der Waals surface area contributed by atoms with Crippen molar-refractivity contribution in [3.05, 3.63) is 64.7 Å². The Hall–Kier alpha value is -3.55. The predicted octanol–water partition coefficient (Wildman–Crippen LogP) is 4.56. The van der Waals surface area contributed by atoms with Gasteiger partial charge in [-0.1, -0.05) is 43.7 Å². The number of ether oxygens (including phenoxy) is 1. The lowest BCUT2D eigenvalue weighted by atomic mass is 9.98. The number of aryl methyl sites for hydroxylation is 2. The van der Waals surface area contributed by atoms with Crippen molar-refractivity contribution < 1.29 is 24.2 Å². The summed E-state index contributed by atoms with van der Waals surface area (Å²) in [6.45, 7) is 11.7. The van der Waals surface area contributed by atoms with Gasteiger partial charge in [-0.05, 0) is 75.4 Å². The quantitative estimate of drug-likeness (QED) is 0.405. The molecule has 2 unspecified atom stereocenters. The molecule has 3 amide bonds. The molecule has 202 valence electrons. The number of hydrogen-bond donors (Lipinski definition) is 3. The Bertz CT molecular complexity index is 1080. The molecule has 8 nitrogen and oxygen atoms in total. The zero-order valence-corrected chi connectivity index (χ0v) is 23.1. The van der Waals surface area contributed by atoms with Gasteiger partial charge in [-0.25, -0.2) is 4.79 Å². The minimum atomic E-state index is -0.998. The fourth-order valence-corrected chi connectivity index (χ4v) is 3.86. The normalized spacial score (nSPS) is 12.8. The Morgan fingerprint density at radius 3 is 2.24 bits per heavy atom. The number of nitrogens with one attached hydrogen (secondary N) is 2. The predicted molar refractivity (Wildman–Crippen MR) is 144 cm³/mol. The highest BCUT2D eigenvalue weighted by Crippen LogP contribution is 2.24. The van der Waals surface area contributed by atoms with Gasteiger partial charge >= 0.3 is 6.09 Å². The first-order valence-corrected chi connectivity index (χ1v) is 12.7. The molecule has 0 heterocycles. The molecule has 2 aromatic carbocycles. The van der Waals surface area contributed by atoms with Crippen molar-refractivity contribution in [2.75, 3.05) is 13.6 Å². The molecular formula is C29H41N3O5. The summed E-state index contributed by atoms with van der Waals surface area (Å²) in [5.41, 5.74) is 2.77. The number of rotatable bonds is 10. The van der Waals surface area contributed by atoms with Crippen LogP contribution in [0.15, 0.2) is 42.5 Å². The molecule has 0 aliphatic carbocycles. The van der Waals surface area contributed by atoms with E-state index < -0.39 is 29.7 Å². The zero-order chi connectivity index (χ0) is 27.8. The molecule has 8 heteroatoms. The summed E-state index contributed by atoms with van der Waals surface area (Å²) in [5.74, 6) is -0.622. The molecule has 0 bridgehead atoms. The number of phenols is 1. The lowest BCUT2D eigenvalue weighted by Gasteiger charge is -2.32. The van der Waals surface area contributed by atoms with Gasteiger partial charge in [0.2, 0.25) is 11.8 Å². The monoisotopic (exact) mass is 511 g/mol. The third-order valence-corrected chi connectivity index (χ3v) is 6.02. The molecule has 0 aromatic heterocycles. The van der Waals surface area contributed by atoms with Crippen molar-refractivity contribution in [2.24, 2.45) is 0 Å². The third-order valence-electron chi connectivity index (χ3n) is 6.02. The Balaban J connectivity index is 2.41. The van der Waals surface area contributed by atoms with Gasteiger partial charge in [0, 0.05) is 20.0 Å². The first-order chi connectivity index (χ1) is 17.3. The molecule has 3 N–H and O–H groups in total. The van der Waals surface area contributed by atoms with E-state index in [1.54, 1.807) is 40.0 Å². The van der Waals surface area contributed by atoms with E-state index in [-0.39, 0.29) is 18.1 Å². The van der Waals surface area contributed by atoms with Crippen molar-refractivity contribution in [3.8, 4) is 5.75 Å². The van der Waals surface area contributed by atoms with Crippen LogP contribution in [0.1, 0.15) is 68.8 Å². The topological polar surface area (TPSA) is 108 Å². The summed E-state index contributed by atoms with van der Waals surface area (Å²) in [5, 5.41) is 15.3. The number of unbranched alkanes of at least 4 members (excludes halogenated alkanes) is 1. The van der Waals surface area contributed by atoms with E-state index >= 15 is 0 Å². The van der Waals surface area contributed by atoms with Gasteiger partial charge < -0.3 is 25.4 Å². The summed E-state index contributed by atoms with van der Waals surface area (Å²) >= 11 is 0. The first kappa shape index (κ1) is 29.7. The smallest absolute Gasteiger partial charge is 0.408 e. The average molecular weight is 512 g/mol. The Labute approximate surface area is 220 Å². The molecular weight excluding hydrogens is 470 g/mol. The maximum atomic E-state index is 13.8. The number of aromatic hydroxyl groups is 1. The molecule has 0 aliphatic heterocycles. The number of amides is 3. The Kier molecular flexibility index (Phi) is 10.5. The first-order valence-electron chi connectivity index (χ1n) is 12.7. The summed E-state index contributed by atoms with van der Waals surface area (Å²) in [6, 6.07) is 10.2. The molecule has 0 spiro atoms.